The van der Waals surface area contributed by atoms with E-state index >= 15 is 0 Å². The van der Waals surface area contributed by atoms with Crippen molar-refractivity contribution in [3.05, 3.63) is 59.7 Å². The van der Waals surface area contributed by atoms with Gasteiger partial charge in [0.05, 0.1) is 5.69 Å². The van der Waals surface area contributed by atoms with Crippen LogP contribution in [0.2, 0.25) is 0 Å². The van der Waals surface area contributed by atoms with Crippen LogP contribution in [0.25, 0.3) is 0 Å². The van der Waals surface area contributed by atoms with Gasteiger partial charge in [0.2, 0.25) is 0 Å². The molecule has 0 saturated carbocycles. The second-order valence-electron chi connectivity index (χ2n) is 4.71. The van der Waals surface area contributed by atoms with Crippen LogP contribution in [-0.4, -0.2) is 23.4 Å². The third-order valence-electron chi connectivity index (χ3n) is 3.01. The van der Waals surface area contributed by atoms with Crippen LogP contribution < -0.4 is 4.74 Å². The van der Waals surface area contributed by atoms with Gasteiger partial charge >= 0.3 is 5.97 Å². The lowest BCUT2D eigenvalue weighted by molar-refractivity contribution is -0.144. The first-order valence-corrected chi connectivity index (χ1v) is 6.65. The molecule has 0 saturated heterocycles. The number of nitrogens with zero attached hydrogens (tertiary/aromatic N) is 1. The van der Waals surface area contributed by atoms with Crippen molar-refractivity contribution in [3.8, 4) is 5.75 Å². The minimum absolute atomic E-state index is 0.526. The van der Waals surface area contributed by atoms with Crippen LogP contribution in [0.4, 0.5) is 5.69 Å². The Labute approximate surface area is 123 Å². The van der Waals surface area contributed by atoms with Crippen LogP contribution in [0.5, 0.6) is 5.75 Å². The number of aryl methyl sites for hydroxylation is 1. The van der Waals surface area contributed by atoms with Crippen LogP contribution in [0.1, 0.15) is 18.1 Å². The summed E-state index contributed by atoms with van der Waals surface area (Å²) in [6, 6.07) is 15.0. The Hall–Kier alpha value is -2.62. The maximum absolute atomic E-state index is 10.7. The summed E-state index contributed by atoms with van der Waals surface area (Å²) in [6.07, 6.45) is 0.906. The molecule has 0 bridgehead atoms. The van der Waals surface area contributed by atoms with E-state index < -0.39 is 12.1 Å². The second-order valence-corrected chi connectivity index (χ2v) is 4.71. The van der Waals surface area contributed by atoms with Gasteiger partial charge in [0.1, 0.15) is 5.75 Å². The molecule has 4 heteroatoms. The minimum atomic E-state index is -0.986. The molecule has 0 fully saturated rings. The van der Waals surface area contributed by atoms with Crippen LogP contribution >= 0.6 is 0 Å². The molecule has 1 N–H and O–H groups in total. The molecule has 0 aromatic heterocycles. The summed E-state index contributed by atoms with van der Waals surface area (Å²) in [7, 11) is 0. The molecule has 0 aliphatic rings. The van der Waals surface area contributed by atoms with E-state index in [-0.39, 0.29) is 0 Å². The normalized spacial score (nSPS) is 12.3. The summed E-state index contributed by atoms with van der Waals surface area (Å²) in [5.41, 5.74) is 2.97. The number of carboxylic acids is 1. The van der Waals surface area contributed by atoms with E-state index in [4.69, 9.17) is 9.84 Å². The third kappa shape index (κ3) is 4.18. The SMILES string of the molecule is Cc1ccccc1N=Cc1ccc(O[C@@H](C)C(=O)O)cc1. The van der Waals surface area contributed by atoms with Gasteiger partial charge in [0, 0.05) is 6.21 Å². The number of rotatable bonds is 5. The van der Waals surface area contributed by atoms with Crippen molar-refractivity contribution >= 4 is 17.9 Å². The Bertz CT molecular complexity index is 647. The number of para-hydroxylation sites is 1. The summed E-state index contributed by atoms with van der Waals surface area (Å²) in [4.78, 5) is 15.2. The number of aliphatic imine (C=N–C) groups is 1. The summed E-state index contributed by atoms with van der Waals surface area (Å²) < 4.78 is 5.27. The number of hydrogen-bond acceptors (Lipinski definition) is 3. The van der Waals surface area contributed by atoms with Gasteiger partial charge in [0.25, 0.3) is 0 Å². The van der Waals surface area contributed by atoms with Gasteiger partial charge in [-0.2, -0.15) is 0 Å². The third-order valence-corrected chi connectivity index (χ3v) is 3.01. The van der Waals surface area contributed by atoms with Crippen LogP contribution in [-0.2, 0) is 4.79 Å². The largest absolute Gasteiger partial charge is 0.479 e. The Morgan fingerprint density at radius 2 is 1.86 bits per heavy atom. The zero-order valence-corrected chi connectivity index (χ0v) is 12.0. The van der Waals surface area contributed by atoms with E-state index in [0.717, 1.165) is 16.8 Å². The molecule has 2 aromatic carbocycles. The van der Waals surface area contributed by atoms with Gasteiger partial charge in [-0.05, 0) is 55.3 Å². The lowest BCUT2D eigenvalue weighted by Crippen LogP contribution is -2.22. The standard InChI is InChI=1S/C17H17NO3/c1-12-5-3-4-6-16(12)18-11-14-7-9-15(10-8-14)21-13(2)17(19)20/h3-11,13H,1-2H3,(H,19,20)/t13-/m0/s1. The maximum atomic E-state index is 10.7. The van der Waals surface area contributed by atoms with Crippen molar-refractivity contribution in [2.75, 3.05) is 0 Å². The molecule has 0 spiro atoms. The number of carbonyl (C=O) groups is 1. The fourth-order valence-corrected chi connectivity index (χ4v) is 1.74. The molecule has 2 rings (SSSR count). The highest BCUT2D eigenvalue weighted by molar-refractivity contribution is 5.82. The number of benzene rings is 2. The Morgan fingerprint density at radius 1 is 1.19 bits per heavy atom. The van der Waals surface area contributed by atoms with E-state index in [1.807, 2.05) is 43.3 Å². The minimum Gasteiger partial charge on any atom is -0.479 e. The predicted molar refractivity (Wildman–Crippen MR) is 82.6 cm³/mol. The van der Waals surface area contributed by atoms with Gasteiger partial charge < -0.3 is 9.84 Å². The lowest BCUT2D eigenvalue weighted by atomic mass is 10.2. The molecule has 0 aliphatic carbocycles. The average Bonchev–Trinajstić information content (AvgIpc) is 2.48. The van der Waals surface area contributed by atoms with Gasteiger partial charge in [-0.25, -0.2) is 4.79 Å². The molecular weight excluding hydrogens is 266 g/mol. The monoisotopic (exact) mass is 283 g/mol. The van der Waals surface area contributed by atoms with Gasteiger partial charge in [0.15, 0.2) is 6.10 Å². The van der Waals surface area contributed by atoms with Crippen molar-refractivity contribution in [2.24, 2.45) is 4.99 Å². The molecule has 0 aliphatic heterocycles. The number of aliphatic carboxylic acids is 1. The van der Waals surface area contributed by atoms with Gasteiger partial charge in [-0.15, -0.1) is 0 Å². The van der Waals surface area contributed by atoms with Crippen molar-refractivity contribution in [1.29, 1.82) is 0 Å². The van der Waals surface area contributed by atoms with Gasteiger partial charge in [-0.3, -0.25) is 4.99 Å². The highest BCUT2D eigenvalue weighted by Crippen LogP contribution is 2.18. The summed E-state index contributed by atoms with van der Waals surface area (Å²) >= 11 is 0. The highest BCUT2D eigenvalue weighted by Gasteiger charge is 2.11. The van der Waals surface area contributed by atoms with Gasteiger partial charge in [-0.1, -0.05) is 18.2 Å². The molecule has 2 aromatic rings. The van der Waals surface area contributed by atoms with E-state index in [2.05, 4.69) is 4.99 Å². The molecule has 1 atom stereocenters. The summed E-state index contributed by atoms with van der Waals surface area (Å²) in [5, 5.41) is 8.79. The molecule has 4 nitrogen and oxygen atoms in total. The fraction of sp³-hybridized carbons (Fsp3) is 0.176. The number of carboxylic acid groups (broad SMARTS) is 1. The first-order valence-electron chi connectivity index (χ1n) is 6.65. The average molecular weight is 283 g/mol. The van der Waals surface area contributed by atoms with Crippen molar-refractivity contribution in [1.82, 2.24) is 0 Å². The fourth-order valence-electron chi connectivity index (χ4n) is 1.74. The van der Waals surface area contributed by atoms with Crippen LogP contribution in [0.15, 0.2) is 53.5 Å². The van der Waals surface area contributed by atoms with Crippen LogP contribution in [0.3, 0.4) is 0 Å². The molecule has 0 amide bonds. The smallest absolute Gasteiger partial charge is 0.344 e. The summed E-state index contributed by atoms with van der Waals surface area (Å²) in [6.45, 7) is 3.51. The van der Waals surface area contributed by atoms with E-state index in [1.165, 1.54) is 6.92 Å². The second kappa shape index (κ2) is 6.70. The molecule has 0 radical (unpaired) electrons. The number of ether oxygens (including phenoxy) is 1. The number of hydrogen-bond donors (Lipinski definition) is 1. The van der Waals surface area contributed by atoms with E-state index in [1.54, 1.807) is 18.3 Å². The first-order chi connectivity index (χ1) is 10.1. The maximum Gasteiger partial charge on any atom is 0.344 e. The van der Waals surface area contributed by atoms with E-state index in [9.17, 15) is 4.79 Å². The Morgan fingerprint density at radius 3 is 2.48 bits per heavy atom. The van der Waals surface area contributed by atoms with Crippen molar-refractivity contribution < 1.29 is 14.6 Å². The van der Waals surface area contributed by atoms with Crippen molar-refractivity contribution in [3.63, 3.8) is 0 Å². The Kier molecular flexibility index (Phi) is 4.72. The molecule has 0 unspecified atom stereocenters. The lowest BCUT2D eigenvalue weighted by Gasteiger charge is -2.09. The van der Waals surface area contributed by atoms with Crippen molar-refractivity contribution in [2.45, 2.75) is 20.0 Å². The molecule has 108 valence electrons. The quantitative estimate of drug-likeness (QED) is 0.853. The molecule has 0 heterocycles. The molecular formula is C17H17NO3. The van der Waals surface area contributed by atoms with E-state index in [0.29, 0.717) is 5.75 Å². The first kappa shape index (κ1) is 14.8. The zero-order valence-electron chi connectivity index (χ0n) is 12.0. The molecule has 21 heavy (non-hydrogen) atoms. The predicted octanol–water partition coefficient (Wildman–Crippen LogP) is 3.60. The topological polar surface area (TPSA) is 58.9 Å². The highest BCUT2D eigenvalue weighted by atomic mass is 16.5. The zero-order chi connectivity index (χ0) is 15.2. The summed E-state index contributed by atoms with van der Waals surface area (Å²) in [5.74, 6) is -0.460. The Balaban J connectivity index is 2.06. The van der Waals surface area contributed by atoms with Crippen LogP contribution in [0, 0.1) is 6.92 Å².